The van der Waals surface area contributed by atoms with Crippen LogP contribution in [0, 0.1) is 0 Å². The van der Waals surface area contributed by atoms with E-state index in [4.69, 9.17) is 4.74 Å². The van der Waals surface area contributed by atoms with Crippen molar-refractivity contribution in [2.45, 2.75) is 99.5 Å². The van der Waals surface area contributed by atoms with Gasteiger partial charge in [0.15, 0.2) is 0 Å². The van der Waals surface area contributed by atoms with Crippen molar-refractivity contribution in [2.24, 2.45) is 0 Å². The highest BCUT2D eigenvalue weighted by Crippen LogP contribution is 2.23. The van der Waals surface area contributed by atoms with Crippen LogP contribution >= 0.6 is 0 Å². The average Bonchev–Trinajstić information content (AvgIpc) is 2.52. The van der Waals surface area contributed by atoms with E-state index in [1.807, 2.05) is 19.9 Å². The van der Waals surface area contributed by atoms with Gasteiger partial charge in [-0.3, -0.25) is 0 Å². The predicted octanol–water partition coefficient (Wildman–Crippen LogP) is 8.46. The van der Waals surface area contributed by atoms with Crippen LogP contribution in [-0.2, 0) is 4.74 Å². The van der Waals surface area contributed by atoms with Crippen molar-refractivity contribution in [3.05, 3.63) is 58.9 Å². The third-order valence-corrected chi connectivity index (χ3v) is 4.65. The molecule has 0 saturated carbocycles. The molecule has 0 aliphatic heterocycles. The molecule has 0 unspecified atom stereocenters. The molecule has 0 aliphatic rings. The Balaban J connectivity index is 4.29. The molecule has 0 bridgehead atoms. The van der Waals surface area contributed by atoms with Crippen LogP contribution in [0.5, 0.6) is 0 Å². The van der Waals surface area contributed by atoms with Gasteiger partial charge in [0.2, 0.25) is 0 Å². The first kappa shape index (κ1) is 24.5. The maximum atomic E-state index is 6.10. The molecule has 0 N–H and O–H groups in total. The molecule has 0 rings (SSSR count). The molecule has 0 amide bonds. The molecule has 0 heterocycles. The van der Waals surface area contributed by atoms with Gasteiger partial charge in [0.05, 0.1) is 5.76 Å². The lowest BCUT2D eigenvalue weighted by molar-refractivity contribution is 0.0279. The number of allylic oxidation sites excluding steroid dienone is 9. The summed E-state index contributed by atoms with van der Waals surface area (Å²) in [5, 5.41) is 0. The van der Waals surface area contributed by atoms with E-state index in [2.05, 4.69) is 66.3 Å². The van der Waals surface area contributed by atoms with Crippen LogP contribution in [0.2, 0.25) is 0 Å². The summed E-state index contributed by atoms with van der Waals surface area (Å²) in [7, 11) is 0. The van der Waals surface area contributed by atoms with Crippen LogP contribution in [0.4, 0.5) is 0 Å². The molecule has 0 saturated heterocycles. The third-order valence-electron chi connectivity index (χ3n) is 4.65. The second-order valence-corrected chi connectivity index (χ2v) is 8.30. The van der Waals surface area contributed by atoms with Crippen molar-refractivity contribution in [2.75, 3.05) is 0 Å². The lowest BCUT2D eigenvalue weighted by Crippen LogP contribution is -2.23. The Morgan fingerprint density at radius 2 is 1.31 bits per heavy atom. The fourth-order valence-electron chi connectivity index (χ4n) is 2.69. The van der Waals surface area contributed by atoms with Gasteiger partial charge in [0, 0.05) is 0 Å². The first-order valence-corrected chi connectivity index (χ1v) is 10.0. The molecule has 148 valence electrons. The van der Waals surface area contributed by atoms with Crippen molar-refractivity contribution < 1.29 is 4.74 Å². The second kappa shape index (κ2) is 12.8. The van der Waals surface area contributed by atoms with Crippen molar-refractivity contribution >= 4 is 0 Å². The Labute approximate surface area is 163 Å². The SMILES string of the molecule is C=C/C(C)=C(\C)OC(C)(C)CC/C=C(\C)CC/C=C(\C)CCC=C(C)C. The molecule has 0 radical (unpaired) electrons. The third kappa shape index (κ3) is 12.8. The summed E-state index contributed by atoms with van der Waals surface area (Å²) in [6.45, 7) is 21.0. The summed E-state index contributed by atoms with van der Waals surface area (Å²) in [4.78, 5) is 0. The van der Waals surface area contributed by atoms with Gasteiger partial charge in [-0.15, -0.1) is 0 Å². The first-order valence-electron chi connectivity index (χ1n) is 10.0. The molecular weight excluding hydrogens is 316 g/mol. The van der Waals surface area contributed by atoms with E-state index >= 15 is 0 Å². The molecule has 0 aromatic heterocycles. The lowest BCUT2D eigenvalue weighted by atomic mass is 10.00. The quantitative estimate of drug-likeness (QED) is 0.193. The zero-order valence-electron chi connectivity index (χ0n) is 18.7. The van der Waals surface area contributed by atoms with Gasteiger partial charge in [0.25, 0.3) is 0 Å². The van der Waals surface area contributed by atoms with Gasteiger partial charge in [-0.25, -0.2) is 0 Å². The molecule has 0 fully saturated rings. The molecule has 1 heteroatoms. The molecule has 0 aromatic rings. The Morgan fingerprint density at radius 3 is 1.81 bits per heavy atom. The summed E-state index contributed by atoms with van der Waals surface area (Å²) in [5.74, 6) is 0.972. The van der Waals surface area contributed by atoms with E-state index in [0.29, 0.717) is 0 Å². The smallest absolute Gasteiger partial charge is 0.103 e. The maximum Gasteiger partial charge on any atom is 0.103 e. The van der Waals surface area contributed by atoms with Crippen LogP contribution in [0.15, 0.2) is 58.9 Å². The van der Waals surface area contributed by atoms with E-state index in [1.165, 1.54) is 23.1 Å². The molecular formula is C25H42O. The number of ether oxygens (including phenoxy) is 1. The highest BCUT2D eigenvalue weighted by atomic mass is 16.5. The second-order valence-electron chi connectivity index (χ2n) is 8.30. The number of hydrogen-bond donors (Lipinski definition) is 0. The van der Waals surface area contributed by atoms with Crippen LogP contribution in [0.1, 0.15) is 93.9 Å². The minimum Gasteiger partial charge on any atom is -0.492 e. The summed E-state index contributed by atoms with van der Waals surface area (Å²) in [6.07, 6.45) is 15.6. The number of hydrogen-bond acceptors (Lipinski definition) is 1. The highest BCUT2D eigenvalue weighted by Gasteiger charge is 2.19. The van der Waals surface area contributed by atoms with Crippen LogP contribution in [0.25, 0.3) is 0 Å². The van der Waals surface area contributed by atoms with Gasteiger partial charge in [-0.1, -0.05) is 47.6 Å². The standard InChI is InChI=1S/C25H42O/c1-10-23(6)24(7)26-25(8,9)19-13-18-22(5)17-12-16-21(4)15-11-14-20(2)3/h10,14,16,18H,1,11-13,15,17,19H2,2-9H3/b21-16+,22-18+,24-23+. The van der Waals surface area contributed by atoms with Gasteiger partial charge in [0.1, 0.15) is 5.60 Å². The Morgan fingerprint density at radius 1 is 0.808 bits per heavy atom. The van der Waals surface area contributed by atoms with E-state index in [9.17, 15) is 0 Å². The molecule has 0 aliphatic carbocycles. The number of rotatable bonds is 12. The molecule has 26 heavy (non-hydrogen) atoms. The summed E-state index contributed by atoms with van der Waals surface area (Å²) in [6, 6.07) is 0. The predicted molar refractivity (Wildman–Crippen MR) is 118 cm³/mol. The van der Waals surface area contributed by atoms with Crippen molar-refractivity contribution in [1.82, 2.24) is 0 Å². The summed E-state index contributed by atoms with van der Waals surface area (Å²) < 4.78 is 6.10. The Hall–Kier alpha value is -1.50. The average molecular weight is 359 g/mol. The maximum absolute atomic E-state index is 6.10. The largest absolute Gasteiger partial charge is 0.492 e. The monoisotopic (exact) mass is 358 g/mol. The highest BCUT2D eigenvalue weighted by molar-refractivity contribution is 5.16. The van der Waals surface area contributed by atoms with Gasteiger partial charge in [-0.05, 0) is 99.5 Å². The van der Waals surface area contributed by atoms with E-state index in [-0.39, 0.29) is 5.60 Å². The van der Waals surface area contributed by atoms with Crippen LogP contribution in [-0.4, -0.2) is 5.60 Å². The topological polar surface area (TPSA) is 9.23 Å². The first-order chi connectivity index (χ1) is 12.1. The Bertz CT molecular complexity index is 549. The van der Waals surface area contributed by atoms with Gasteiger partial charge >= 0.3 is 0 Å². The molecule has 0 spiro atoms. The fraction of sp³-hybridized carbons (Fsp3) is 0.600. The molecule has 0 aromatic carbocycles. The molecule has 0 atom stereocenters. The molecule has 1 nitrogen and oxygen atoms in total. The van der Waals surface area contributed by atoms with Gasteiger partial charge < -0.3 is 4.74 Å². The van der Waals surface area contributed by atoms with Crippen molar-refractivity contribution in [3.8, 4) is 0 Å². The normalized spacial score (nSPS) is 14.0. The summed E-state index contributed by atoms with van der Waals surface area (Å²) >= 11 is 0. The van der Waals surface area contributed by atoms with Crippen LogP contribution < -0.4 is 0 Å². The fourth-order valence-corrected chi connectivity index (χ4v) is 2.69. The van der Waals surface area contributed by atoms with E-state index in [0.717, 1.165) is 43.4 Å². The minimum absolute atomic E-state index is 0.146. The van der Waals surface area contributed by atoms with Crippen LogP contribution in [0.3, 0.4) is 0 Å². The van der Waals surface area contributed by atoms with E-state index in [1.54, 1.807) is 0 Å². The van der Waals surface area contributed by atoms with E-state index < -0.39 is 0 Å². The lowest BCUT2D eigenvalue weighted by Gasteiger charge is -2.27. The zero-order valence-corrected chi connectivity index (χ0v) is 18.7. The van der Waals surface area contributed by atoms with Crippen molar-refractivity contribution in [3.63, 3.8) is 0 Å². The Kier molecular flexibility index (Phi) is 12.1. The zero-order chi connectivity index (χ0) is 20.2. The summed E-state index contributed by atoms with van der Waals surface area (Å²) in [5.41, 5.74) is 5.35. The van der Waals surface area contributed by atoms with Crippen molar-refractivity contribution in [1.29, 1.82) is 0 Å². The minimum atomic E-state index is -0.146. The van der Waals surface area contributed by atoms with Gasteiger partial charge in [-0.2, -0.15) is 0 Å².